The molecule has 70 heavy (non-hydrogen) atoms. The largest absolute Gasteiger partial charge is 0.488 e. The first kappa shape index (κ1) is 55.4. The Bertz CT molecular complexity index is 2850. The molecule has 0 unspecified atom stereocenters. The summed E-state index contributed by atoms with van der Waals surface area (Å²) in [6.45, 7) is 27.2. The summed E-state index contributed by atoms with van der Waals surface area (Å²) in [5, 5.41) is 17.1. The van der Waals surface area contributed by atoms with E-state index in [4.69, 9.17) is 10.0 Å². The third-order valence-electron chi connectivity index (χ3n) is 13.1. The molecule has 0 aliphatic carbocycles. The van der Waals surface area contributed by atoms with Crippen molar-refractivity contribution in [3.8, 4) is 11.1 Å². The fourth-order valence-corrected chi connectivity index (χ4v) is 13.9. The van der Waals surface area contributed by atoms with Gasteiger partial charge in [-0.2, -0.15) is 0 Å². The van der Waals surface area contributed by atoms with E-state index in [1.54, 1.807) is 12.1 Å². The van der Waals surface area contributed by atoms with Crippen molar-refractivity contribution in [2.75, 3.05) is 0 Å². The number of hydrogen-bond acceptors (Lipinski definition) is 4. The molecule has 0 saturated carbocycles. The summed E-state index contributed by atoms with van der Waals surface area (Å²) >= 11 is 18.4. The molecule has 12 heteroatoms. The number of hydrogen-bond donors (Lipinski definition) is 2. The normalized spacial score (nSPS) is 10.8. The summed E-state index contributed by atoms with van der Waals surface area (Å²) in [7, 11) is -1.38. The Hall–Kier alpha value is -3.87. The van der Waals surface area contributed by atoms with Crippen molar-refractivity contribution in [3.05, 3.63) is 211 Å². The van der Waals surface area contributed by atoms with Crippen LogP contribution in [0, 0.1) is 83.1 Å². The molecule has 0 fully saturated rings. The fraction of sp³-hybridized carbons (Fsp3) is 0.207. The summed E-state index contributed by atoms with van der Waals surface area (Å²) < 4.78 is 5.67. The predicted octanol–water partition coefficient (Wildman–Crippen LogP) is 11.7. The van der Waals surface area contributed by atoms with Gasteiger partial charge in [0, 0.05) is 47.2 Å². The molecule has 2 aromatic heterocycles. The maximum absolute atomic E-state index is 8.55. The van der Waals surface area contributed by atoms with E-state index < -0.39 is 7.12 Å². The maximum atomic E-state index is 8.55. The zero-order valence-electron chi connectivity index (χ0n) is 42.0. The van der Waals surface area contributed by atoms with Crippen LogP contribution in [0.5, 0.6) is 0 Å². The van der Waals surface area contributed by atoms with Gasteiger partial charge in [0.05, 0.1) is 0 Å². The second-order valence-corrected chi connectivity index (χ2v) is 23.1. The lowest BCUT2D eigenvalue weighted by Gasteiger charge is -2.27. The van der Waals surface area contributed by atoms with Crippen molar-refractivity contribution in [1.29, 1.82) is 0 Å². The topological polar surface area (TPSA) is 66.2 Å². The average molecular weight is 1250 g/mol. The van der Waals surface area contributed by atoms with Gasteiger partial charge >= 0.3 is 7.12 Å². The van der Waals surface area contributed by atoms with E-state index in [-0.39, 0.29) is 13.4 Å². The second-order valence-electron chi connectivity index (χ2n) is 18.5. The third-order valence-corrected chi connectivity index (χ3v) is 15.4. The van der Waals surface area contributed by atoms with E-state index >= 15 is 0 Å². The van der Waals surface area contributed by atoms with Gasteiger partial charge in [0.1, 0.15) is 0 Å². The average Bonchev–Trinajstić information content (AvgIpc) is 3.25. The maximum Gasteiger partial charge on any atom is 0.488 e. The van der Waals surface area contributed by atoms with Crippen LogP contribution in [0.15, 0.2) is 144 Å². The van der Waals surface area contributed by atoms with Gasteiger partial charge in [-0.3, -0.25) is 9.97 Å². The van der Waals surface area contributed by atoms with Crippen molar-refractivity contribution < 1.29 is 10.0 Å². The molecule has 356 valence electrons. The molecule has 0 radical (unpaired) electrons. The molecule has 0 saturated heterocycles. The Morgan fingerprint density at radius 1 is 0.300 bits per heavy atom. The monoisotopic (exact) mass is 1240 g/mol. The first-order valence-electron chi connectivity index (χ1n) is 23.2. The van der Waals surface area contributed by atoms with E-state index in [0.29, 0.717) is 5.46 Å². The molecule has 2 heterocycles. The highest BCUT2D eigenvalue weighted by atomic mass is 79.9. The SMILES string of the molecule is Cc1cc(Br)cc(C)c1B(c1c(C)cc(Br)cc1C)c1c(C)cc(-c2ccncc2)cc1C.Cc1cc(Br)cc(C)c1B(c1c(C)cc(Br)cc1C)c1c(C)cc(Br)cc1C.OB(O)c1ccncc1. The van der Waals surface area contributed by atoms with Crippen LogP contribution in [0.25, 0.3) is 11.1 Å². The van der Waals surface area contributed by atoms with E-state index in [0.717, 1.165) is 22.4 Å². The number of benzene rings is 6. The van der Waals surface area contributed by atoms with Crippen LogP contribution < -0.4 is 38.2 Å². The molecular weight excluding hydrogens is 1190 g/mol. The Kier molecular flexibility index (Phi) is 19.2. The van der Waals surface area contributed by atoms with Crippen molar-refractivity contribution in [2.45, 2.75) is 83.1 Å². The summed E-state index contributed by atoms with van der Waals surface area (Å²) in [4.78, 5) is 7.89. The van der Waals surface area contributed by atoms with Crippen molar-refractivity contribution in [2.24, 2.45) is 0 Å². The van der Waals surface area contributed by atoms with Crippen LogP contribution in [0.1, 0.15) is 66.8 Å². The lowest BCUT2D eigenvalue weighted by atomic mass is 9.33. The van der Waals surface area contributed by atoms with Crippen LogP contribution in [0.4, 0.5) is 0 Å². The smallest absolute Gasteiger partial charge is 0.423 e. The Morgan fingerprint density at radius 3 is 0.700 bits per heavy atom. The molecule has 0 bridgehead atoms. The minimum absolute atomic E-state index is 0.165. The molecule has 6 aromatic carbocycles. The zero-order valence-corrected chi connectivity index (χ0v) is 49.9. The van der Waals surface area contributed by atoms with Gasteiger partial charge in [-0.15, -0.1) is 0 Å². The fourth-order valence-electron chi connectivity index (χ4n) is 10.4. The molecule has 2 N–H and O–H groups in total. The molecule has 4 nitrogen and oxygen atoms in total. The number of pyridine rings is 2. The number of rotatable bonds is 8. The van der Waals surface area contributed by atoms with Crippen LogP contribution in [0.2, 0.25) is 0 Å². The van der Waals surface area contributed by atoms with E-state index in [1.165, 1.54) is 123 Å². The zero-order chi connectivity index (χ0) is 51.3. The molecule has 8 aromatic rings. The van der Waals surface area contributed by atoms with Gasteiger partial charge in [-0.05, 0) is 185 Å². The second kappa shape index (κ2) is 24.2. The third kappa shape index (κ3) is 13.0. The van der Waals surface area contributed by atoms with Gasteiger partial charge in [0.25, 0.3) is 0 Å². The Labute approximate surface area is 459 Å². The number of nitrogens with zero attached hydrogens (tertiary/aromatic N) is 2. The standard InChI is InChI=1S/C29H28BBr2N.C24H24BBr3.C5H6BNO2/c1-17-11-24(23-7-9-33-10-8-23)12-18(2)27(17)30(28-19(3)13-25(31)14-20(28)4)29-21(5)15-26(32)16-22(29)6;1-13-7-19(26)8-14(2)22(13)25(23-15(3)9-20(27)10-16(23)4)24-17(5)11-21(28)12-18(24)6;8-6(9)5-1-3-7-4-2-5/h7-16H,1-6H3;7-12H,1-6H3;1-4,8-9H. The minimum Gasteiger partial charge on any atom is -0.423 e. The molecule has 0 aliphatic rings. The highest BCUT2D eigenvalue weighted by Crippen LogP contribution is 2.25. The summed E-state index contributed by atoms with van der Waals surface area (Å²) in [5.74, 6) is 0. The van der Waals surface area contributed by atoms with Gasteiger partial charge in [0.15, 0.2) is 0 Å². The first-order valence-corrected chi connectivity index (χ1v) is 27.1. The van der Waals surface area contributed by atoms with Gasteiger partial charge in [0.2, 0.25) is 13.4 Å². The molecule has 0 atom stereocenters. The van der Waals surface area contributed by atoms with Crippen molar-refractivity contribution in [3.63, 3.8) is 0 Å². The van der Waals surface area contributed by atoms with Gasteiger partial charge in [-0.1, -0.05) is 191 Å². The quantitative estimate of drug-likeness (QED) is 0.149. The molecular formula is C58H58B3Br5N2O2. The van der Waals surface area contributed by atoms with E-state index in [9.17, 15) is 0 Å². The minimum atomic E-state index is -1.38. The Balaban J connectivity index is 0.000000197. The summed E-state index contributed by atoms with van der Waals surface area (Å²) in [6, 6.07) is 34.3. The van der Waals surface area contributed by atoms with E-state index in [2.05, 4.69) is 258 Å². The van der Waals surface area contributed by atoms with Crippen LogP contribution >= 0.6 is 79.6 Å². The Morgan fingerprint density at radius 2 is 0.500 bits per heavy atom. The van der Waals surface area contributed by atoms with Crippen molar-refractivity contribution >= 4 is 138 Å². The lowest BCUT2D eigenvalue weighted by Crippen LogP contribution is -2.57. The van der Waals surface area contributed by atoms with Crippen molar-refractivity contribution in [1.82, 2.24) is 9.97 Å². The first-order chi connectivity index (χ1) is 33.1. The number of aromatic nitrogens is 2. The van der Waals surface area contributed by atoms with E-state index in [1.807, 2.05) is 12.4 Å². The predicted molar refractivity (Wildman–Crippen MR) is 321 cm³/mol. The number of halogens is 5. The molecule has 0 spiro atoms. The van der Waals surface area contributed by atoms with Gasteiger partial charge < -0.3 is 10.0 Å². The summed E-state index contributed by atoms with van der Waals surface area (Å²) in [6.07, 6.45) is 6.74. The van der Waals surface area contributed by atoms with Crippen LogP contribution in [-0.4, -0.2) is 40.6 Å². The molecule has 0 amide bonds. The van der Waals surface area contributed by atoms with Gasteiger partial charge in [-0.25, -0.2) is 0 Å². The summed E-state index contributed by atoms with van der Waals surface area (Å²) in [5.41, 5.74) is 27.1. The van der Waals surface area contributed by atoms with Crippen LogP contribution in [0.3, 0.4) is 0 Å². The highest BCUT2D eigenvalue weighted by Gasteiger charge is 2.33. The molecule has 8 rings (SSSR count). The number of aryl methyl sites for hydroxylation is 12. The molecule has 0 aliphatic heterocycles. The highest BCUT2D eigenvalue weighted by molar-refractivity contribution is 9.11. The lowest BCUT2D eigenvalue weighted by molar-refractivity contribution is 0.425. The van der Waals surface area contributed by atoms with Crippen LogP contribution in [-0.2, 0) is 0 Å².